The molecule has 0 unspecified atom stereocenters. The molecule has 16 heavy (non-hydrogen) atoms. The fourth-order valence-electron chi connectivity index (χ4n) is 2.01. The van der Waals surface area contributed by atoms with Crippen LogP contribution in [0, 0.1) is 0 Å². The fraction of sp³-hybridized carbons (Fsp3) is 0.909. The van der Waals surface area contributed by atoms with E-state index in [-0.39, 0.29) is 11.6 Å². The van der Waals surface area contributed by atoms with E-state index < -0.39 is 0 Å². The minimum Gasteiger partial charge on any atom is -0.383 e. The first kappa shape index (κ1) is 13.3. The van der Waals surface area contributed by atoms with Crippen LogP contribution in [0.25, 0.3) is 0 Å². The second kappa shape index (κ2) is 5.50. The van der Waals surface area contributed by atoms with Crippen molar-refractivity contribution in [2.75, 3.05) is 47.1 Å². The minimum absolute atomic E-state index is 0.0825. The smallest absolute Gasteiger partial charge is 0.320 e. The Morgan fingerprint density at radius 1 is 1.19 bits per heavy atom. The number of carbonyl (C=O) groups excluding carboxylic acids is 1. The molecule has 0 atom stereocenters. The van der Waals surface area contributed by atoms with E-state index >= 15 is 0 Å². The van der Waals surface area contributed by atoms with Crippen molar-refractivity contribution in [3.8, 4) is 0 Å². The summed E-state index contributed by atoms with van der Waals surface area (Å²) in [7, 11) is 3.30. The van der Waals surface area contributed by atoms with Gasteiger partial charge < -0.3 is 19.3 Å². The first-order valence-corrected chi connectivity index (χ1v) is 5.57. The van der Waals surface area contributed by atoms with Crippen LogP contribution >= 0.6 is 0 Å². The van der Waals surface area contributed by atoms with Gasteiger partial charge in [-0.05, 0) is 13.8 Å². The first-order chi connectivity index (χ1) is 7.53. The Bertz CT molecular complexity index is 243. The Balaban J connectivity index is 2.59. The monoisotopic (exact) mass is 230 g/mol. The molecule has 1 fully saturated rings. The molecule has 0 radical (unpaired) electrons. The Hall–Kier alpha value is -0.810. The third-order valence-electron chi connectivity index (χ3n) is 2.89. The number of carbonyl (C=O) groups is 1. The Morgan fingerprint density at radius 3 is 2.31 bits per heavy atom. The summed E-state index contributed by atoms with van der Waals surface area (Å²) < 4.78 is 10.0. The summed E-state index contributed by atoms with van der Waals surface area (Å²) in [4.78, 5) is 15.8. The second-order valence-corrected chi connectivity index (χ2v) is 4.65. The SMILES string of the molecule is COCCN1CC(C)(C)N(CCOC)C1=O. The van der Waals surface area contributed by atoms with Gasteiger partial charge in [0.25, 0.3) is 0 Å². The Kier molecular flexibility index (Phi) is 4.56. The molecule has 1 saturated heterocycles. The van der Waals surface area contributed by atoms with Gasteiger partial charge in [-0.25, -0.2) is 4.79 Å². The lowest BCUT2D eigenvalue weighted by Gasteiger charge is -2.29. The van der Waals surface area contributed by atoms with E-state index in [1.807, 2.05) is 9.80 Å². The van der Waals surface area contributed by atoms with Crippen molar-refractivity contribution in [1.29, 1.82) is 0 Å². The maximum Gasteiger partial charge on any atom is 0.320 e. The standard InChI is InChI=1S/C11H22N2O3/c1-11(2)9-12(5-7-15-3)10(14)13(11)6-8-16-4/h5-9H2,1-4H3. The van der Waals surface area contributed by atoms with Gasteiger partial charge in [-0.15, -0.1) is 0 Å². The number of hydrogen-bond donors (Lipinski definition) is 0. The minimum atomic E-state index is -0.122. The zero-order chi connectivity index (χ0) is 12.2. The highest BCUT2D eigenvalue weighted by atomic mass is 16.5. The maximum absolute atomic E-state index is 12.1. The summed E-state index contributed by atoms with van der Waals surface area (Å²) in [6.45, 7) is 7.36. The van der Waals surface area contributed by atoms with Crippen molar-refractivity contribution in [2.24, 2.45) is 0 Å². The van der Waals surface area contributed by atoms with E-state index in [2.05, 4.69) is 13.8 Å². The number of urea groups is 1. The Morgan fingerprint density at radius 2 is 1.75 bits per heavy atom. The van der Waals surface area contributed by atoms with Crippen LogP contribution in [0.4, 0.5) is 4.79 Å². The van der Waals surface area contributed by atoms with Crippen LogP contribution in [0.1, 0.15) is 13.8 Å². The molecule has 0 aromatic rings. The molecular weight excluding hydrogens is 208 g/mol. The van der Waals surface area contributed by atoms with Gasteiger partial charge in [0.1, 0.15) is 0 Å². The predicted octanol–water partition coefficient (Wildman–Crippen LogP) is 0.795. The lowest BCUT2D eigenvalue weighted by molar-refractivity contribution is 0.123. The molecule has 0 aromatic heterocycles. The van der Waals surface area contributed by atoms with Crippen molar-refractivity contribution in [3.05, 3.63) is 0 Å². The number of ether oxygens (including phenoxy) is 2. The van der Waals surface area contributed by atoms with Gasteiger partial charge >= 0.3 is 6.03 Å². The summed E-state index contributed by atoms with van der Waals surface area (Å²) in [5.74, 6) is 0. The van der Waals surface area contributed by atoms with E-state index in [1.54, 1.807) is 14.2 Å². The van der Waals surface area contributed by atoms with Gasteiger partial charge in [-0.2, -0.15) is 0 Å². The molecule has 0 spiro atoms. The lowest BCUT2D eigenvalue weighted by atomic mass is 10.1. The molecule has 1 heterocycles. The van der Waals surface area contributed by atoms with Crippen molar-refractivity contribution in [1.82, 2.24) is 9.80 Å². The van der Waals surface area contributed by atoms with Gasteiger partial charge in [0.15, 0.2) is 0 Å². The van der Waals surface area contributed by atoms with E-state index in [0.29, 0.717) is 26.3 Å². The van der Waals surface area contributed by atoms with Crippen molar-refractivity contribution in [3.63, 3.8) is 0 Å². The van der Waals surface area contributed by atoms with Gasteiger partial charge in [0.2, 0.25) is 0 Å². The number of amides is 2. The first-order valence-electron chi connectivity index (χ1n) is 5.57. The van der Waals surface area contributed by atoms with Crippen molar-refractivity contribution >= 4 is 6.03 Å². The summed E-state index contributed by atoms with van der Waals surface area (Å²) in [6, 6.07) is 0.0825. The lowest BCUT2D eigenvalue weighted by Crippen LogP contribution is -2.43. The number of methoxy groups -OCH3 is 2. The zero-order valence-corrected chi connectivity index (χ0v) is 10.7. The van der Waals surface area contributed by atoms with Crippen LogP contribution in [-0.4, -0.2) is 68.4 Å². The third kappa shape index (κ3) is 2.86. The highest BCUT2D eigenvalue weighted by Gasteiger charge is 2.42. The third-order valence-corrected chi connectivity index (χ3v) is 2.89. The number of nitrogens with zero attached hydrogens (tertiary/aromatic N) is 2. The van der Waals surface area contributed by atoms with Crippen LogP contribution in [0.15, 0.2) is 0 Å². The maximum atomic E-state index is 12.1. The average molecular weight is 230 g/mol. The quantitative estimate of drug-likeness (QED) is 0.677. The molecular formula is C11H22N2O3. The zero-order valence-electron chi connectivity index (χ0n) is 10.7. The van der Waals surface area contributed by atoms with Crippen LogP contribution in [-0.2, 0) is 9.47 Å². The van der Waals surface area contributed by atoms with E-state index in [0.717, 1.165) is 6.54 Å². The molecule has 1 aliphatic rings. The fourth-order valence-corrected chi connectivity index (χ4v) is 2.01. The second-order valence-electron chi connectivity index (χ2n) is 4.65. The summed E-state index contributed by atoms with van der Waals surface area (Å²) in [6.07, 6.45) is 0. The average Bonchev–Trinajstić information content (AvgIpc) is 2.44. The topological polar surface area (TPSA) is 42.0 Å². The predicted molar refractivity (Wildman–Crippen MR) is 61.5 cm³/mol. The van der Waals surface area contributed by atoms with Gasteiger partial charge in [-0.1, -0.05) is 0 Å². The number of hydrogen-bond acceptors (Lipinski definition) is 3. The van der Waals surface area contributed by atoms with Gasteiger partial charge in [0, 0.05) is 33.9 Å². The molecule has 0 aromatic carbocycles. The molecule has 1 aliphatic heterocycles. The Labute approximate surface area is 97.3 Å². The molecule has 2 amide bonds. The molecule has 0 N–H and O–H groups in total. The molecule has 5 nitrogen and oxygen atoms in total. The highest BCUT2D eigenvalue weighted by Crippen LogP contribution is 2.25. The van der Waals surface area contributed by atoms with Crippen LogP contribution in [0.5, 0.6) is 0 Å². The highest BCUT2D eigenvalue weighted by molar-refractivity contribution is 5.78. The normalized spacial score (nSPS) is 19.6. The van der Waals surface area contributed by atoms with E-state index in [4.69, 9.17) is 9.47 Å². The molecule has 1 rings (SSSR count). The molecule has 0 aliphatic carbocycles. The summed E-state index contributed by atoms with van der Waals surface area (Å²) in [5, 5.41) is 0. The van der Waals surface area contributed by atoms with Gasteiger partial charge in [0.05, 0.1) is 18.8 Å². The van der Waals surface area contributed by atoms with E-state index in [9.17, 15) is 4.79 Å². The number of rotatable bonds is 6. The van der Waals surface area contributed by atoms with Gasteiger partial charge in [-0.3, -0.25) is 0 Å². The summed E-state index contributed by atoms with van der Waals surface area (Å²) in [5.41, 5.74) is -0.122. The van der Waals surface area contributed by atoms with Crippen LogP contribution < -0.4 is 0 Å². The largest absolute Gasteiger partial charge is 0.383 e. The molecule has 94 valence electrons. The molecule has 5 heteroatoms. The van der Waals surface area contributed by atoms with Crippen LogP contribution in [0.3, 0.4) is 0 Å². The van der Waals surface area contributed by atoms with Crippen LogP contribution in [0.2, 0.25) is 0 Å². The molecule has 0 bridgehead atoms. The van der Waals surface area contributed by atoms with Crippen molar-refractivity contribution in [2.45, 2.75) is 19.4 Å². The molecule has 0 saturated carbocycles. The van der Waals surface area contributed by atoms with Crippen molar-refractivity contribution < 1.29 is 14.3 Å². The summed E-state index contributed by atoms with van der Waals surface area (Å²) >= 11 is 0. The van der Waals surface area contributed by atoms with E-state index in [1.165, 1.54) is 0 Å².